The Bertz CT molecular complexity index is 563. The molecule has 1 heterocycles. The predicted octanol–water partition coefficient (Wildman–Crippen LogP) is 1.80. The largest absolute Gasteiger partial charge is 0.326 e. The summed E-state index contributed by atoms with van der Waals surface area (Å²) in [5, 5.41) is 5.09. The van der Waals surface area contributed by atoms with Crippen LogP contribution in [0.1, 0.15) is 24.8 Å². The number of amides is 3. The normalized spacial score (nSPS) is 17.4. The van der Waals surface area contributed by atoms with E-state index in [1.807, 2.05) is 12.1 Å². The Hall–Kier alpha value is -2.43. The molecule has 2 N–H and O–H groups in total. The molecule has 1 aromatic rings. The fourth-order valence-electron chi connectivity index (χ4n) is 2.24. The average molecular weight is 286 g/mol. The highest BCUT2D eigenvalue weighted by Gasteiger charge is 2.30. The first kappa shape index (κ1) is 15.0. The highest BCUT2D eigenvalue weighted by atomic mass is 16.2. The van der Waals surface area contributed by atoms with Crippen molar-refractivity contribution in [3.05, 3.63) is 42.5 Å². The Morgan fingerprint density at radius 2 is 2.05 bits per heavy atom. The van der Waals surface area contributed by atoms with Crippen molar-refractivity contribution in [3.8, 4) is 0 Å². The molecule has 1 fully saturated rings. The number of allylic oxidation sites excluding steroid dienone is 1. The molecule has 0 aliphatic carbocycles. The lowest BCUT2D eigenvalue weighted by Gasteiger charge is -2.08. The van der Waals surface area contributed by atoms with E-state index >= 15 is 0 Å². The van der Waals surface area contributed by atoms with Crippen LogP contribution in [0.5, 0.6) is 0 Å². The van der Waals surface area contributed by atoms with E-state index in [9.17, 15) is 14.4 Å². The standard InChI is InChI=1S/C16H18N2O3/c1-2-3-4-14(19)17-13-7-5-11(6-8-13)9-12-10-15(20)18-16(12)21/h2,5-8,12H,1,3-4,9-10H2,(H,17,19)(H,18,20,21)/t12-/m0/s1. The molecule has 0 spiro atoms. The van der Waals surface area contributed by atoms with Crippen molar-refractivity contribution in [3.63, 3.8) is 0 Å². The fraction of sp³-hybridized carbons (Fsp3) is 0.312. The van der Waals surface area contributed by atoms with E-state index in [0.29, 0.717) is 19.3 Å². The van der Waals surface area contributed by atoms with Crippen LogP contribution in [0.25, 0.3) is 0 Å². The molecule has 0 bridgehead atoms. The third kappa shape index (κ3) is 4.27. The van der Waals surface area contributed by atoms with E-state index in [1.165, 1.54) is 0 Å². The lowest BCUT2D eigenvalue weighted by molar-refractivity contribution is -0.125. The molecule has 5 heteroatoms. The van der Waals surface area contributed by atoms with Gasteiger partial charge in [0, 0.05) is 18.5 Å². The topological polar surface area (TPSA) is 75.3 Å². The summed E-state index contributed by atoms with van der Waals surface area (Å²) in [6.45, 7) is 3.57. The molecule has 0 saturated carbocycles. The van der Waals surface area contributed by atoms with Gasteiger partial charge in [-0.25, -0.2) is 0 Å². The second-order valence-corrected chi connectivity index (χ2v) is 5.09. The molecule has 21 heavy (non-hydrogen) atoms. The molecule has 1 atom stereocenters. The molecule has 1 saturated heterocycles. The summed E-state index contributed by atoms with van der Waals surface area (Å²) in [4.78, 5) is 34.2. The van der Waals surface area contributed by atoms with Gasteiger partial charge in [-0.1, -0.05) is 18.2 Å². The zero-order chi connectivity index (χ0) is 15.2. The van der Waals surface area contributed by atoms with Gasteiger partial charge < -0.3 is 5.32 Å². The summed E-state index contributed by atoms with van der Waals surface area (Å²) in [5.41, 5.74) is 1.69. The predicted molar refractivity (Wildman–Crippen MR) is 79.5 cm³/mol. The van der Waals surface area contributed by atoms with Crippen molar-refractivity contribution in [2.24, 2.45) is 5.92 Å². The van der Waals surface area contributed by atoms with Gasteiger partial charge in [-0.3, -0.25) is 19.7 Å². The number of imide groups is 1. The van der Waals surface area contributed by atoms with Gasteiger partial charge in [0.2, 0.25) is 17.7 Å². The molecule has 5 nitrogen and oxygen atoms in total. The lowest BCUT2D eigenvalue weighted by Crippen LogP contribution is -2.22. The van der Waals surface area contributed by atoms with E-state index < -0.39 is 0 Å². The molecule has 0 unspecified atom stereocenters. The Kier molecular flexibility index (Phi) is 4.87. The highest BCUT2D eigenvalue weighted by molar-refractivity contribution is 6.03. The van der Waals surface area contributed by atoms with Crippen molar-refractivity contribution >= 4 is 23.4 Å². The lowest BCUT2D eigenvalue weighted by atomic mass is 9.98. The van der Waals surface area contributed by atoms with Gasteiger partial charge in [0.15, 0.2) is 0 Å². The first-order chi connectivity index (χ1) is 10.1. The summed E-state index contributed by atoms with van der Waals surface area (Å²) in [5.74, 6) is -0.758. The maximum Gasteiger partial charge on any atom is 0.230 e. The van der Waals surface area contributed by atoms with E-state index in [2.05, 4.69) is 17.2 Å². The molecule has 1 aliphatic rings. The Balaban J connectivity index is 1.90. The molecular formula is C16H18N2O3. The van der Waals surface area contributed by atoms with Crippen LogP contribution >= 0.6 is 0 Å². The first-order valence-corrected chi connectivity index (χ1v) is 6.92. The average Bonchev–Trinajstić information content (AvgIpc) is 2.77. The first-order valence-electron chi connectivity index (χ1n) is 6.92. The van der Waals surface area contributed by atoms with Crippen molar-refractivity contribution in [2.45, 2.75) is 25.7 Å². The Morgan fingerprint density at radius 3 is 2.62 bits per heavy atom. The van der Waals surface area contributed by atoms with Gasteiger partial charge in [-0.05, 0) is 30.5 Å². The Labute approximate surface area is 123 Å². The summed E-state index contributed by atoms with van der Waals surface area (Å²) in [6, 6.07) is 7.32. The van der Waals surface area contributed by atoms with Gasteiger partial charge in [0.25, 0.3) is 0 Å². The number of nitrogens with one attached hydrogen (secondary N) is 2. The van der Waals surface area contributed by atoms with E-state index in [1.54, 1.807) is 18.2 Å². The van der Waals surface area contributed by atoms with Gasteiger partial charge in [0.05, 0.1) is 5.92 Å². The van der Waals surface area contributed by atoms with Crippen LogP contribution in [0.4, 0.5) is 5.69 Å². The van der Waals surface area contributed by atoms with Crippen molar-refractivity contribution < 1.29 is 14.4 Å². The van der Waals surface area contributed by atoms with Crippen LogP contribution in [-0.2, 0) is 20.8 Å². The van der Waals surface area contributed by atoms with E-state index in [0.717, 1.165) is 11.3 Å². The molecule has 3 amide bonds. The third-order valence-corrected chi connectivity index (χ3v) is 3.36. The van der Waals surface area contributed by atoms with Crippen LogP contribution in [0.2, 0.25) is 0 Å². The maximum atomic E-state index is 11.6. The van der Waals surface area contributed by atoms with Crippen LogP contribution in [0.3, 0.4) is 0 Å². The molecule has 1 aromatic carbocycles. The number of carbonyl (C=O) groups excluding carboxylic acids is 3. The van der Waals surface area contributed by atoms with Crippen molar-refractivity contribution in [2.75, 3.05) is 5.32 Å². The van der Waals surface area contributed by atoms with E-state index in [4.69, 9.17) is 0 Å². The number of benzene rings is 1. The number of rotatable bonds is 6. The summed E-state index contributed by atoms with van der Waals surface area (Å²) in [6.07, 6.45) is 3.54. The van der Waals surface area contributed by atoms with Crippen LogP contribution in [0.15, 0.2) is 36.9 Å². The molecule has 2 rings (SSSR count). The third-order valence-electron chi connectivity index (χ3n) is 3.36. The monoisotopic (exact) mass is 286 g/mol. The van der Waals surface area contributed by atoms with Gasteiger partial charge in [0.1, 0.15) is 0 Å². The van der Waals surface area contributed by atoms with Crippen molar-refractivity contribution in [1.29, 1.82) is 0 Å². The zero-order valence-corrected chi connectivity index (χ0v) is 11.7. The molecule has 110 valence electrons. The SMILES string of the molecule is C=CCCC(=O)Nc1ccc(C[C@H]2CC(=O)NC2=O)cc1. The quantitative estimate of drug-likeness (QED) is 0.618. The molecule has 1 aliphatic heterocycles. The number of carbonyl (C=O) groups is 3. The Morgan fingerprint density at radius 1 is 1.33 bits per heavy atom. The van der Waals surface area contributed by atoms with Crippen LogP contribution in [-0.4, -0.2) is 17.7 Å². The zero-order valence-electron chi connectivity index (χ0n) is 11.7. The van der Waals surface area contributed by atoms with Gasteiger partial charge >= 0.3 is 0 Å². The summed E-state index contributed by atoms with van der Waals surface area (Å²) < 4.78 is 0. The number of hydrogen-bond donors (Lipinski definition) is 2. The molecule has 0 aromatic heterocycles. The maximum absolute atomic E-state index is 11.6. The van der Waals surface area contributed by atoms with Gasteiger partial charge in [-0.2, -0.15) is 0 Å². The van der Waals surface area contributed by atoms with Crippen LogP contribution in [0, 0.1) is 5.92 Å². The molecular weight excluding hydrogens is 268 g/mol. The second kappa shape index (κ2) is 6.83. The second-order valence-electron chi connectivity index (χ2n) is 5.09. The molecule has 0 radical (unpaired) electrons. The highest BCUT2D eigenvalue weighted by Crippen LogP contribution is 2.19. The number of hydrogen-bond acceptors (Lipinski definition) is 3. The fourth-order valence-corrected chi connectivity index (χ4v) is 2.24. The number of anilines is 1. The minimum atomic E-state index is -0.287. The smallest absolute Gasteiger partial charge is 0.230 e. The van der Waals surface area contributed by atoms with Crippen LogP contribution < -0.4 is 10.6 Å². The summed E-state index contributed by atoms with van der Waals surface area (Å²) >= 11 is 0. The minimum Gasteiger partial charge on any atom is -0.326 e. The van der Waals surface area contributed by atoms with Gasteiger partial charge in [-0.15, -0.1) is 6.58 Å². The minimum absolute atomic E-state index is 0.0524. The van der Waals surface area contributed by atoms with Crippen molar-refractivity contribution in [1.82, 2.24) is 5.32 Å². The van der Waals surface area contributed by atoms with E-state index in [-0.39, 0.29) is 30.1 Å². The summed E-state index contributed by atoms with van der Waals surface area (Å²) in [7, 11) is 0.